The molecule has 0 saturated heterocycles. The Bertz CT molecular complexity index is 629. The first-order chi connectivity index (χ1) is 9.08. The number of nitro groups is 1. The van der Waals surface area contributed by atoms with Gasteiger partial charge in [0.05, 0.1) is 10.6 Å². The fourth-order valence-corrected chi connectivity index (χ4v) is 1.51. The van der Waals surface area contributed by atoms with E-state index in [-0.39, 0.29) is 11.4 Å². The molecular formula is C13H9FN2O3. The minimum Gasteiger partial charge on any atom is -0.319 e. The Morgan fingerprint density at radius 3 is 2.47 bits per heavy atom. The molecule has 0 atom stereocenters. The van der Waals surface area contributed by atoms with E-state index in [0.717, 1.165) is 18.2 Å². The number of amides is 1. The maximum Gasteiger partial charge on any atom is 0.271 e. The van der Waals surface area contributed by atoms with Crippen molar-refractivity contribution in [2.45, 2.75) is 0 Å². The second-order valence-electron chi connectivity index (χ2n) is 3.74. The molecule has 2 rings (SSSR count). The van der Waals surface area contributed by atoms with Crippen molar-refractivity contribution in [3.63, 3.8) is 0 Å². The quantitative estimate of drug-likeness (QED) is 0.681. The van der Waals surface area contributed by atoms with Crippen LogP contribution in [0.1, 0.15) is 10.4 Å². The van der Waals surface area contributed by atoms with Gasteiger partial charge in [0.2, 0.25) is 0 Å². The number of nitrogens with zero attached hydrogens (tertiary/aromatic N) is 1. The van der Waals surface area contributed by atoms with Gasteiger partial charge in [-0.05, 0) is 18.2 Å². The van der Waals surface area contributed by atoms with Crippen molar-refractivity contribution in [2.24, 2.45) is 0 Å². The molecule has 0 spiro atoms. The molecule has 0 unspecified atom stereocenters. The number of nitro benzene ring substituents is 1. The Kier molecular flexibility index (Phi) is 3.51. The van der Waals surface area contributed by atoms with E-state index >= 15 is 0 Å². The summed E-state index contributed by atoms with van der Waals surface area (Å²) >= 11 is 0. The minimum absolute atomic E-state index is 0.219. The van der Waals surface area contributed by atoms with Crippen molar-refractivity contribution >= 4 is 17.3 Å². The maximum atomic E-state index is 13.5. The second-order valence-corrected chi connectivity index (χ2v) is 3.74. The molecule has 0 heterocycles. The fraction of sp³-hybridized carbons (Fsp3) is 0. The SMILES string of the molecule is O=C(Nc1cc([N+](=O)[O-])ccc1F)c1ccccc1. The van der Waals surface area contributed by atoms with E-state index in [4.69, 9.17) is 0 Å². The third-order valence-electron chi connectivity index (χ3n) is 2.44. The van der Waals surface area contributed by atoms with Crippen molar-refractivity contribution in [1.82, 2.24) is 0 Å². The Morgan fingerprint density at radius 1 is 1.16 bits per heavy atom. The Hall–Kier alpha value is -2.76. The highest BCUT2D eigenvalue weighted by Gasteiger charge is 2.13. The van der Waals surface area contributed by atoms with E-state index in [2.05, 4.69) is 5.32 Å². The highest BCUT2D eigenvalue weighted by atomic mass is 19.1. The predicted molar refractivity (Wildman–Crippen MR) is 67.4 cm³/mol. The Labute approximate surface area is 107 Å². The van der Waals surface area contributed by atoms with Crippen molar-refractivity contribution in [1.29, 1.82) is 0 Å². The predicted octanol–water partition coefficient (Wildman–Crippen LogP) is 2.99. The molecule has 0 fully saturated rings. The third-order valence-corrected chi connectivity index (χ3v) is 2.44. The monoisotopic (exact) mass is 260 g/mol. The average molecular weight is 260 g/mol. The fourth-order valence-electron chi connectivity index (χ4n) is 1.51. The Morgan fingerprint density at radius 2 is 1.84 bits per heavy atom. The number of carbonyl (C=O) groups excluding carboxylic acids is 1. The van der Waals surface area contributed by atoms with E-state index in [0.29, 0.717) is 5.56 Å². The molecule has 96 valence electrons. The number of carbonyl (C=O) groups is 1. The van der Waals surface area contributed by atoms with Crippen LogP contribution < -0.4 is 5.32 Å². The summed E-state index contributed by atoms with van der Waals surface area (Å²) < 4.78 is 13.5. The highest BCUT2D eigenvalue weighted by Crippen LogP contribution is 2.21. The summed E-state index contributed by atoms with van der Waals surface area (Å²) in [7, 11) is 0. The van der Waals surface area contributed by atoms with Crippen LogP contribution in [0.5, 0.6) is 0 Å². The first-order valence-electron chi connectivity index (χ1n) is 5.38. The van der Waals surface area contributed by atoms with Crippen molar-refractivity contribution in [3.05, 3.63) is 70.0 Å². The molecule has 2 aromatic carbocycles. The number of nitrogens with one attached hydrogen (secondary N) is 1. The van der Waals surface area contributed by atoms with E-state index in [1.54, 1.807) is 30.3 Å². The van der Waals surface area contributed by atoms with Crippen LogP contribution in [0.2, 0.25) is 0 Å². The Balaban J connectivity index is 2.26. The smallest absolute Gasteiger partial charge is 0.271 e. The van der Waals surface area contributed by atoms with Gasteiger partial charge in [0, 0.05) is 17.7 Å². The molecular weight excluding hydrogens is 251 g/mol. The van der Waals surface area contributed by atoms with E-state index in [1.807, 2.05) is 0 Å². The number of benzene rings is 2. The zero-order chi connectivity index (χ0) is 13.8. The minimum atomic E-state index is -0.727. The summed E-state index contributed by atoms with van der Waals surface area (Å²) in [6.45, 7) is 0. The van der Waals surface area contributed by atoms with E-state index < -0.39 is 16.6 Å². The second kappa shape index (κ2) is 5.26. The van der Waals surface area contributed by atoms with Crippen LogP contribution in [0.15, 0.2) is 48.5 Å². The normalized spacial score (nSPS) is 9.95. The molecule has 0 aliphatic rings. The molecule has 19 heavy (non-hydrogen) atoms. The summed E-state index contributed by atoms with van der Waals surface area (Å²) in [6, 6.07) is 11.2. The highest BCUT2D eigenvalue weighted by molar-refractivity contribution is 6.04. The topological polar surface area (TPSA) is 72.2 Å². The lowest BCUT2D eigenvalue weighted by atomic mass is 10.2. The first kappa shape index (κ1) is 12.7. The lowest BCUT2D eigenvalue weighted by molar-refractivity contribution is -0.384. The molecule has 1 N–H and O–H groups in total. The lowest BCUT2D eigenvalue weighted by Crippen LogP contribution is -2.13. The summed E-state index contributed by atoms with van der Waals surface area (Å²) in [5, 5.41) is 12.9. The third kappa shape index (κ3) is 2.92. The van der Waals surface area contributed by atoms with E-state index in [1.165, 1.54) is 0 Å². The molecule has 0 radical (unpaired) electrons. The van der Waals surface area contributed by atoms with Gasteiger partial charge in [-0.3, -0.25) is 14.9 Å². The first-order valence-corrected chi connectivity index (χ1v) is 5.38. The number of anilines is 1. The summed E-state index contributed by atoms with van der Waals surface area (Å²) in [6.07, 6.45) is 0. The average Bonchev–Trinajstić information content (AvgIpc) is 2.42. The summed E-state index contributed by atoms with van der Waals surface area (Å²) in [5.74, 6) is -1.25. The van der Waals surface area contributed by atoms with Crippen molar-refractivity contribution in [3.8, 4) is 0 Å². The van der Waals surface area contributed by atoms with Gasteiger partial charge in [-0.2, -0.15) is 0 Å². The number of halogens is 1. The van der Waals surface area contributed by atoms with Gasteiger partial charge >= 0.3 is 0 Å². The summed E-state index contributed by atoms with van der Waals surface area (Å²) in [5.41, 5.74) is -0.166. The van der Waals surface area contributed by atoms with Crippen LogP contribution in [0.3, 0.4) is 0 Å². The molecule has 0 saturated carbocycles. The van der Waals surface area contributed by atoms with Gasteiger partial charge in [0.1, 0.15) is 5.82 Å². The van der Waals surface area contributed by atoms with E-state index in [9.17, 15) is 19.3 Å². The van der Waals surface area contributed by atoms with Crippen molar-refractivity contribution in [2.75, 3.05) is 5.32 Å². The standard InChI is InChI=1S/C13H9FN2O3/c14-11-7-6-10(16(18)19)8-12(11)15-13(17)9-4-2-1-3-5-9/h1-8H,(H,15,17). The molecule has 0 bridgehead atoms. The van der Waals surface area contributed by atoms with Gasteiger partial charge < -0.3 is 5.32 Å². The summed E-state index contributed by atoms with van der Waals surface area (Å²) in [4.78, 5) is 21.7. The number of rotatable bonds is 3. The molecule has 0 aromatic heterocycles. The zero-order valence-corrected chi connectivity index (χ0v) is 9.67. The van der Waals surface area contributed by atoms with Crippen LogP contribution in [0, 0.1) is 15.9 Å². The lowest BCUT2D eigenvalue weighted by Gasteiger charge is -2.06. The van der Waals surface area contributed by atoms with Gasteiger partial charge in [0.15, 0.2) is 0 Å². The molecule has 0 aliphatic carbocycles. The molecule has 1 amide bonds. The largest absolute Gasteiger partial charge is 0.319 e. The number of hydrogen-bond acceptors (Lipinski definition) is 3. The van der Waals surface area contributed by atoms with Crippen LogP contribution >= 0.6 is 0 Å². The van der Waals surface area contributed by atoms with Gasteiger partial charge in [-0.1, -0.05) is 18.2 Å². The molecule has 2 aromatic rings. The number of hydrogen-bond donors (Lipinski definition) is 1. The van der Waals surface area contributed by atoms with Crippen LogP contribution in [-0.4, -0.2) is 10.8 Å². The van der Waals surface area contributed by atoms with Crippen LogP contribution in [0.25, 0.3) is 0 Å². The maximum absolute atomic E-state index is 13.5. The number of non-ortho nitro benzene ring substituents is 1. The van der Waals surface area contributed by atoms with Gasteiger partial charge in [-0.25, -0.2) is 4.39 Å². The molecule has 6 heteroatoms. The van der Waals surface area contributed by atoms with Crippen LogP contribution in [-0.2, 0) is 0 Å². The van der Waals surface area contributed by atoms with Gasteiger partial charge in [-0.15, -0.1) is 0 Å². The molecule has 0 aliphatic heterocycles. The van der Waals surface area contributed by atoms with Crippen LogP contribution in [0.4, 0.5) is 15.8 Å². The zero-order valence-electron chi connectivity index (χ0n) is 9.67. The van der Waals surface area contributed by atoms with Crippen molar-refractivity contribution < 1.29 is 14.1 Å². The van der Waals surface area contributed by atoms with Gasteiger partial charge in [0.25, 0.3) is 11.6 Å². The molecule has 5 nitrogen and oxygen atoms in total.